The molecule has 2 heteroatoms. The van der Waals surface area contributed by atoms with Crippen molar-refractivity contribution in [2.75, 3.05) is 6.54 Å². The Bertz CT molecular complexity index is 273. The van der Waals surface area contributed by atoms with Gasteiger partial charge >= 0.3 is 0 Å². The zero-order valence-corrected chi connectivity index (χ0v) is 9.08. The highest BCUT2D eigenvalue weighted by molar-refractivity contribution is 6.13. The van der Waals surface area contributed by atoms with Crippen molar-refractivity contribution in [3.63, 3.8) is 0 Å². The van der Waals surface area contributed by atoms with Crippen LogP contribution in [0.2, 0.25) is 0 Å². The van der Waals surface area contributed by atoms with E-state index in [9.17, 15) is 0 Å². The first-order valence-corrected chi connectivity index (χ1v) is 5.66. The molecule has 1 atom stereocenters. The summed E-state index contributed by atoms with van der Waals surface area (Å²) in [5.74, 6) is 0. The molecule has 1 aliphatic rings. The zero-order chi connectivity index (χ0) is 9.80. The highest BCUT2D eigenvalue weighted by Gasteiger charge is 2.20. The molecule has 0 amide bonds. The molecule has 2 rings (SSSR count). The molecule has 0 N–H and O–H groups in total. The van der Waals surface area contributed by atoms with Crippen LogP contribution >= 0.6 is 11.8 Å². The van der Waals surface area contributed by atoms with Crippen LogP contribution in [0.4, 0.5) is 0 Å². The molecular formula is C12H16ClN. The van der Waals surface area contributed by atoms with E-state index < -0.39 is 0 Å². The number of nitrogens with zero attached hydrogens (tertiary/aromatic N) is 1. The predicted molar refractivity (Wildman–Crippen MR) is 60.3 cm³/mol. The standard InChI is InChI=1S/C12H16ClN/c13-14-9-5-4-8-12(14)10-11-6-2-1-3-7-11/h1-3,6-7,12H,4-5,8-10H2. The van der Waals surface area contributed by atoms with Crippen LogP contribution in [0, 0.1) is 0 Å². The molecule has 0 aliphatic carbocycles. The predicted octanol–water partition coefficient (Wildman–Crippen LogP) is 3.24. The molecule has 1 nitrogen and oxygen atoms in total. The van der Waals surface area contributed by atoms with Gasteiger partial charge < -0.3 is 0 Å². The summed E-state index contributed by atoms with van der Waals surface area (Å²) in [6, 6.07) is 11.1. The lowest BCUT2D eigenvalue weighted by molar-refractivity contribution is 0.262. The maximum absolute atomic E-state index is 6.17. The molecule has 1 unspecified atom stereocenters. The highest BCUT2D eigenvalue weighted by Crippen LogP contribution is 2.21. The Balaban J connectivity index is 1.96. The largest absolute Gasteiger partial charge is 0.217 e. The summed E-state index contributed by atoms with van der Waals surface area (Å²) < 4.78 is 1.98. The molecule has 1 heterocycles. The van der Waals surface area contributed by atoms with E-state index in [0.717, 1.165) is 13.0 Å². The van der Waals surface area contributed by atoms with Gasteiger partial charge in [0, 0.05) is 12.6 Å². The van der Waals surface area contributed by atoms with Crippen molar-refractivity contribution in [1.29, 1.82) is 0 Å². The average Bonchev–Trinajstić information content (AvgIpc) is 2.23. The third kappa shape index (κ3) is 2.49. The second-order valence-electron chi connectivity index (χ2n) is 3.96. The molecule has 0 aromatic heterocycles. The van der Waals surface area contributed by atoms with Crippen molar-refractivity contribution in [3.05, 3.63) is 35.9 Å². The average molecular weight is 210 g/mol. The van der Waals surface area contributed by atoms with Crippen molar-refractivity contribution in [3.8, 4) is 0 Å². The molecule has 1 saturated heterocycles. The van der Waals surface area contributed by atoms with E-state index in [4.69, 9.17) is 11.8 Å². The van der Waals surface area contributed by atoms with Gasteiger partial charge in [0.05, 0.1) is 0 Å². The van der Waals surface area contributed by atoms with Gasteiger partial charge in [0.15, 0.2) is 0 Å². The SMILES string of the molecule is ClN1CCCCC1Cc1ccccc1. The normalized spacial score (nSPS) is 23.6. The Kier molecular flexibility index (Phi) is 3.44. The van der Waals surface area contributed by atoms with Gasteiger partial charge in [0.25, 0.3) is 0 Å². The minimum absolute atomic E-state index is 0.535. The zero-order valence-electron chi connectivity index (χ0n) is 8.32. The smallest absolute Gasteiger partial charge is 0.0292 e. The van der Waals surface area contributed by atoms with Crippen molar-refractivity contribution in [1.82, 2.24) is 4.42 Å². The van der Waals surface area contributed by atoms with Gasteiger partial charge in [0.1, 0.15) is 0 Å². The molecular weight excluding hydrogens is 194 g/mol. The topological polar surface area (TPSA) is 3.24 Å². The highest BCUT2D eigenvalue weighted by atomic mass is 35.5. The van der Waals surface area contributed by atoms with Crippen molar-refractivity contribution >= 4 is 11.8 Å². The summed E-state index contributed by atoms with van der Waals surface area (Å²) in [5.41, 5.74) is 1.39. The van der Waals surface area contributed by atoms with Crippen LogP contribution in [-0.2, 0) is 6.42 Å². The van der Waals surface area contributed by atoms with Gasteiger partial charge in [-0.2, -0.15) is 0 Å². The number of hydrogen-bond acceptors (Lipinski definition) is 1. The molecule has 0 saturated carbocycles. The number of rotatable bonds is 2. The van der Waals surface area contributed by atoms with Crippen molar-refractivity contribution in [2.24, 2.45) is 0 Å². The van der Waals surface area contributed by atoms with Gasteiger partial charge in [-0.25, -0.2) is 4.42 Å². The second-order valence-corrected chi connectivity index (χ2v) is 4.40. The monoisotopic (exact) mass is 209 g/mol. The quantitative estimate of drug-likeness (QED) is 0.676. The van der Waals surface area contributed by atoms with E-state index in [1.165, 1.54) is 24.8 Å². The molecule has 0 radical (unpaired) electrons. The third-order valence-electron chi connectivity index (χ3n) is 2.87. The van der Waals surface area contributed by atoms with Gasteiger partial charge in [-0.3, -0.25) is 0 Å². The summed E-state index contributed by atoms with van der Waals surface area (Å²) in [6.07, 6.45) is 4.89. The molecule has 0 bridgehead atoms. The molecule has 1 aromatic carbocycles. The molecule has 0 spiro atoms. The fourth-order valence-corrected chi connectivity index (χ4v) is 2.34. The van der Waals surface area contributed by atoms with Gasteiger partial charge in [0.2, 0.25) is 0 Å². The molecule has 1 aromatic rings. The first-order chi connectivity index (χ1) is 6.86. The Morgan fingerprint density at radius 3 is 2.71 bits per heavy atom. The maximum Gasteiger partial charge on any atom is 0.0292 e. The Morgan fingerprint density at radius 2 is 2.00 bits per heavy atom. The minimum atomic E-state index is 0.535. The summed E-state index contributed by atoms with van der Waals surface area (Å²) in [6.45, 7) is 1.04. The van der Waals surface area contributed by atoms with E-state index in [1.54, 1.807) is 0 Å². The van der Waals surface area contributed by atoms with E-state index in [2.05, 4.69) is 30.3 Å². The van der Waals surface area contributed by atoms with Crippen LogP contribution in [0.25, 0.3) is 0 Å². The van der Waals surface area contributed by atoms with Crippen LogP contribution in [0.3, 0.4) is 0 Å². The first kappa shape index (κ1) is 10.0. The van der Waals surface area contributed by atoms with Crippen LogP contribution in [0.1, 0.15) is 24.8 Å². The number of benzene rings is 1. The van der Waals surface area contributed by atoms with Gasteiger partial charge in [-0.15, -0.1) is 0 Å². The molecule has 1 fully saturated rings. The van der Waals surface area contributed by atoms with E-state index in [0.29, 0.717) is 6.04 Å². The Morgan fingerprint density at radius 1 is 1.21 bits per heavy atom. The Labute approximate surface area is 90.8 Å². The lowest BCUT2D eigenvalue weighted by Crippen LogP contribution is -2.33. The van der Waals surface area contributed by atoms with Crippen LogP contribution < -0.4 is 0 Å². The van der Waals surface area contributed by atoms with Crippen LogP contribution in [0.5, 0.6) is 0 Å². The van der Waals surface area contributed by atoms with Crippen LogP contribution in [0.15, 0.2) is 30.3 Å². The van der Waals surface area contributed by atoms with E-state index in [1.807, 2.05) is 4.42 Å². The van der Waals surface area contributed by atoms with Crippen molar-refractivity contribution in [2.45, 2.75) is 31.7 Å². The Hall–Kier alpha value is -0.530. The van der Waals surface area contributed by atoms with Crippen molar-refractivity contribution < 1.29 is 0 Å². The molecule has 1 aliphatic heterocycles. The lowest BCUT2D eigenvalue weighted by Gasteiger charge is -2.29. The fourth-order valence-electron chi connectivity index (χ4n) is 2.05. The summed E-state index contributed by atoms with van der Waals surface area (Å²) in [7, 11) is 0. The maximum atomic E-state index is 6.17. The summed E-state index contributed by atoms with van der Waals surface area (Å²) in [4.78, 5) is 0. The fraction of sp³-hybridized carbons (Fsp3) is 0.500. The number of piperidine rings is 1. The van der Waals surface area contributed by atoms with Gasteiger partial charge in [-0.05, 0) is 36.6 Å². The number of hydrogen-bond donors (Lipinski definition) is 0. The first-order valence-electron chi connectivity index (χ1n) is 5.32. The summed E-state index contributed by atoms with van der Waals surface area (Å²) >= 11 is 6.17. The minimum Gasteiger partial charge on any atom is -0.217 e. The number of halogens is 1. The summed E-state index contributed by atoms with van der Waals surface area (Å²) in [5, 5.41) is 0. The third-order valence-corrected chi connectivity index (χ3v) is 3.31. The molecule has 14 heavy (non-hydrogen) atoms. The molecule has 76 valence electrons. The second kappa shape index (κ2) is 4.81. The van der Waals surface area contributed by atoms with E-state index >= 15 is 0 Å². The lowest BCUT2D eigenvalue weighted by atomic mass is 9.98. The van der Waals surface area contributed by atoms with Gasteiger partial charge in [-0.1, -0.05) is 36.8 Å². The van der Waals surface area contributed by atoms with Crippen LogP contribution in [-0.4, -0.2) is 17.0 Å². The van der Waals surface area contributed by atoms with E-state index in [-0.39, 0.29) is 0 Å².